The van der Waals surface area contributed by atoms with Gasteiger partial charge in [-0.15, -0.1) is 0 Å². The number of amides is 1. The lowest BCUT2D eigenvalue weighted by Gasteiger charge is -2.03. The van der Waals surface area contributed by atoms with Crippen LogP contribution in [0.5, 0.6) is 0 Å². The molecule has 1 saturated carbocycles. The predicted molar refractivity (Wildman–Crippen MR) is 57.8 cm³/mol. The minimum atomic E-state index is -0.279. The summed E-state index contributed by atoms with van der Waals surface area (Å²) in [5.41, 5.74) is 0.165. The largest absolute Gasteiger partial charge is 0.387 e. The van der Waals surface area contributed by atoms with Gasteiger partial charge in [0.15, 0.2) is 0 Å². The lowest BCUT2D eigenvalue weighted by molar-refractivity contribution is -0.117. The maximum absolute atomic E-state index is 11.4. The first-order valence-electron chi connectivity index (χ1n) is 5.42. The van der Waals surface area contributed by atoms with Crippen LogP contribution in [0.3, 0.4) is 0 Å². The highest BCUT2D eigenvalue weighted by Crippen LogP contribution is 2.18. The third kappa shape index (κ3) is 4.50. The number of carbonyl (C=O) groups excluding carboxylic acids is 1. The fourth-order valence-electron chi connectivity index (χ4n) is 1.07. The van der Waals surface area contributed by atoms with Crippen molar-refractivity contribution in [2.45, 2.75) is 38.6 Å². The molecular formula is C11H17N3O. The second-order valence-corrected chi connectivity index (χ2v) is 3.72. The van der Waals surface area contributed by atoms with Crippen molar-refractivity contribution in [3.8, 4) is 6.07 Å². The standard InChI is InChI=1S/C11H17N3O/c1-2-3-6-13-11(15)9(7-12)8-14-10-4-5-10/h8,10,14H,2-6H2,1H3,(H,13,15)/b9-8-. The van der Waals surface area contributed by atoms with Crippen LogP contribution in [0.4, 0.5) is 0 Å². The van der Waals surface area contributed by atoms with E-state index in [1.165, 1.54) is 6.20 Å². The minimum Gasteiger partial charge on any atom is -0.387 e. The number of unbranched alkanes of at least 4 members (excludes halogenated alkanes) is 1. The fourth-order valence-corrected chi connectivity index (χ4v) is 1.07. The third-order valence-electron chi connectivity index (χ3n) is 2.22. The van der Waals surface area contributed by atoms with Crippen molar-refractivity contribution in [1.82, 2.24) is 10.6 Å². The highest BCUT2D eigenvalue weighted by Gasteiger charge is 2.20. The number of nitriles is 1. The van der Waals surface area contributed by atoms with Gasteiger partial charge in [0.2, 0.25) is 0 Å². The van der Waals surface area contributed by atoms with Crippen molar-refractivity contribution >= 4 is 5.91 Å². The Morgan fingerprint density at radius 1 is 1.60 bits per heavy atom. The summed E-state index contributed by atoms with van der Waals surface area (Å²) in [7, 11) is 0. The first-order chi connectivity index (χ1) is 7.27. The van der Waals surface area contributed by atoms with Crippen molar-refractivity contribution in [2.24, 2.45) is 0 Å². The van der Waals surface area contributed by atoms with E-state index >= 15 is 0 Å². The van der Waals surface area contributed by atoms with Crippen LogP contribution in [0, 0.1) is 11.3 Å². The molecule has 1 fully saturated rings. The molecule has 15 heavy (non-hydrogen) atoms. The molecule has 2 N–H and O–H groups in total. The van der Waals surface area contributed by atoms with Gasteiger partial charge < -0.3 is 10.6 Å². The lowest BCUT2D eigenvalue weighted by atomic mass is 10.3. The van der Waals surface area contributed by atoms with Crippen LogP contribution in [0.2, 0.25) is 0 Å². The molecule has 1 rings (SSSR count). The Hall–Kier alpha value is -1.50. The smallest absolute Gasteiger partial charge is 0.263 e. The summed E-state index contributed by atoms with van der Waals surface area (Å²) in [5, 5.41) is 14.5. The molecule has 0 heterocycles. The molecular weight excluding hydrogens is 190 g/mol. The van der Waals surface area contributed by atoms with Gasteiger partial charge in [0.25, 0.3) is 5.91 Å². The normalized spacial score (nSPS) is 15.6. The Balaban J connectivity index is 2.32. The fraction of sp³-hybridized carbons (Fsp3) is 0.636. The van der Waals surface area contributed by atoms with Gasteiger partial charge in [0.05, 0.1) is 0 Å². The van der Waals surface area contributed by atoms with Crippen molar-refractivity contribution in [1.29, 1.82) is 5.26 Å². The molecule has 0 atom stereocenters. The van der Waals surface area contributed by atoms with Gasteiger partial charge in [-0.3, -0.25) is 4.79 Å². The zero-order valence-corrected chi connectivity index (χ0v) is 9.05. The Labute approximate surface area is 90.3 Å². The van der Waals surface area contributed by atoms with E-state index < -0.39 is 0 Å². The van der Waals surface area contributed by atoms with Crippen molar-refractivity contribution in [3.63, 3.8) is 0 Å². The number of carbonyl (C=O) groups is 1. The summed E-state index contributed by atoms with van der Waals surface area (Å²) in [6.45, 7) is 2.69. The van der Waals surface area contributed by atoms with E-state index in [4.69, 9.17) is 5.26 Å². The molecule has 0 bridgehead atoms. The molecule has 4 heteroatoms. The van der Waals surface area contributed by atoms with Crippen LogP contribution in [0.15, 0.2) is 11.8 Å². The van der Waals surface area contributed by atoms with E-state index in [0.717, 1.165) is 25.7 Å². The van der Waals surface area contributed by atoms with Crippen LogP contribution in [-0.2, 0) is 4.79 Å². The second kappa shape index (κ2) is 6.07. The molecule has 1 aliphatic rings. The molecule has 0 aromatic heterocycles. The molecule has 0 aromatic carbocycles. The van der Waals surface area contributed by atoms with Crippen LogP contribution in [0.1, 0.15) is 32.6 Å². The SMILES string of the molecule is CCCCNC(=O)/C(C#N)=C\NC1CC1. The number of nitrogens with one attached hydrogen (secondary N) is 2. The first-order valence-corrected chi connectivity index (χ1v) is 5.42. The number of nitrogens with zero attached hydrogens (tertiary/aromatic N) is 1. The Kier molecular flexibility index (Phi) is 4.69. The van der Waals surface area contributed by atoms with Crippen LogP contribution in [0.25, 0.3) is 0 Å². The third-order valence-corrected chi connectivity index (χ3v) is 2.22. The van der Waals surface area contributed by atoms with Crippen molar-refractivity contribution < 1.29 is 4.79 Å². The van der Waals surface area contributed by atoms with Gasteiger partial charge in [0, 0.05) is 18.8 Å². The molecule has 4 nitrogen and oxygen atoms in total. The van der Waals surface area contributed by atoms with E-state index in [9.17, 15) is 4.79 Å². The van der Waals surface area contributed by atoms with E-state index in [2.05, 4.69) is 17.6 Å². The monoisotopic (exact) mass is 207 g/mol. The second-order valence-electron chi connectivity index (χ2n) is 3.72. The van der Waals surface area contributed by atoms with Crippen molar-refractivity contribution in [3.05, 3.63) is 11.8 Å². The highest BCUT2D eigenvalue weighted by atomic mass is 16.1. The van der Waals surface area contributed by atoms with Gasteiger partial charge >= 0.3 is 0 Å². The van der Waals surface area contributed by atoms with E-state index in [1.54, 1.807) is 0 Å². The molecule has 0 radical (unpaired) electrons. The molecule has 0 aliphatic heterocycles. The van der Waals surface area contributed by atoms with E-state index in [1.807, 2.05) is 6.07 Å². The number of rotatable bonds is 6. The predicted octanol–water partition coefficient (Wildman–Crippen LogP) is 1.06. The van der Waals surface area contributed by atoms with Crippen molar-refractivity contribution in [2.75, 3.05) is 6.54 Å². The molecule has 1 amide bonds. The number of hydrogen-bond donors (Lipinski definition) is 2. The lowest BCUT2D eigenvalue weighted by Crippen LogP contribution is -2.26. The maximum Gasteiger partial charge on any atom is 0.263 e. The summed E-state index contributed by atoms with van der Waals surface area (Å²) < 4.78 is 0. The molecule has 0 unspecified atom stereocenters. The molecule has 1 aliphatic carbocycles. The quantitative estimate of drug-likeness (QED) is 0.389. The summed E-state index contributed by atoms with van der Waals surface area (Å²) >= 11 is 0. The van der Waals surface area contributed by atoms with Gasteiger partial charge in [-0.2, -0.15) is 5.26 Å². The Morgan fingerprint density at radius 3 is 2.87 bits per heavy atom. The van der Waals surface area contributed by atoms with Gasteiger partial charge in [-0.05, 0) is 19.3 Å². The molecule has 82 valence electrons. The Bertz CT molecular complexity index is 287. The Morgan fingerprint density at radius 2 is 2.33 bits per heavy atom. The van der Waals surface area contributed by atoms with E-state index in [-0.39, 0.29) is 11.5 Å². The summed E-state index contributed by atoms with van der Waals surface area (Å²) in [6.07, 6.45) is 5.77. The first kappa shape index (κ1) is 11.6. The topological polar surface area (TPSA) is 64.9 Å². The zero-order valence-electron chi connectivity index (χ0n) is 9.05. The minimum absolute atomic E-state index is 0.165. The molecule has 0 aromatic rings. The van der Waals surface area contributed by atoms with Crippen LogP contribution < -0.4 is 10.6 Å². The van der Waals surface area contributed by atoms with E-state index in [0.29, 0.717) is 12.6 Å². The zero-order chi connectivity index (χ0) is 11.1. The number of hydrogen-bond acceptors (Lipinski definition) is 3. The highest BCUT2D eigenvalue weighted by molar-refractivity contribution is 5.97. The van der Waals surface area contributed by atoms with Crippen LogP contribution in [-0.4, -0.2) is 18.5 Å². The average molecular weight is 207 g/mol. The summed E-state index contributed by atoms with van der Waals surface area (Å²) in [6, 6.07) is 2.37. The summed E-state index contributed by atoms with van der Waals surface area (Å²) in [4.78, 5) is 11.4. The maximum atomic E-state index is 11.4. The summed E-state index contributed by atoms with van der Waals surface area (Å²) in [5.74, 6) is -0.279. The van der Waals surface area contributed by atoms with Gasteiger partial charge in [-0.1, -0.05) is 13.3 Å². The van der Waals surface area contributed by atoms with Crippen LogP contribution >= 0.6 is 0 Å². The molecule has 0 spiro atoms. The molecule has 0 saturated heterocycles. The van der Waals surface area contributed by atoms with Gasteiger partial charge in [0.1, 0.15) is 11.6 Å². The van der Waals surface area contributed by atoms with Gasteiger partial charge in [-0.25, -0.2) is 0 Å². The average Bonchev–Trinajstić information content (AvgIpc) is 3.03.